The van der Waals surface area contributed by atoms with Crippen molar-refractivity contribution < 1.29 is 14.6 Å². The Bertz CT molecular complexity index is 657. The third-order valence-corrected chi connectivity index (χ3v) is 2.70. The van der Waals surface area contributed by atoms with E-state index < -0.39 is 6.03 Å². The van der Waals surface area contributed by atoms with Crippen LogP contribution >= 0.6 is 0 Å². The normalized spacial score (nSPS) is 10.4. The predicted octanol–water partition coefficient (Wildman–Crippen LogP) is 2.95. The zero-order valence-electron chi connectivity index (χ0n) is 12.1. The third kappa shape index (κ3) is 4.52. The topological polar surface area (TPSA) is 83.0 Å². The Hall–Kier alpha value is -3.02. The van der Waals surface area contributed by atoms with E-state index in [9.17, 15) is 9.90 Å². The maximum Gasteiger partial charge on any atom is 0.339 e. The standard InChI is InChI=1S/C16H17N3O3/c1-2-22-15-10-12(8-9-14(15)20)11-17-19-16(21)18-13-6-4-3-5-7-13/h3-11,20H,2H2,1H3,(H2,18,19,21)/b17-11+. The second-order valence-corrected chi connectivity index (χ2v) is 4.35. The molecule has 0 radical (unpaired) electrons. The van der Waals surface area contributed by atoms with E-state index in [0.29, 0.717) is 23.6 Å². The SMILES string of the molecule is CCOc1cc(/C=N/NC(=O)Nc2ccccc2)ccc1O. The van der Waals surface area contributed by atoms with Gasteiger partial charge in [-0.05, 0) is 42.8 Å². The number of carbonyl (C=O) groups excluding carboxylic acids is 1. The predicted molar refractivity (Wildman–Crippen MR) is 85.5 cm³/mol. The van der Waals surface area contributed by atoms with Gasteiger partial charge in [0.25, 0.3) is 0 Å². The van der Waals surface area contributed by atoms with E-state index in [-0.39, 0.29) is 5.75 Å². The molecule has 22 heavy (non-hydrogen) atoms. The molecule has 0 heterocycles. The summed E-state index contributed by atoms with van der Waals surface area (Å²) >= 11 is 0. The fraction of sp³-hybridized carbons (Fsp3) is 0.125. The van der Waals surface area contributed by atoms with Gasteiger partial charge in [0.1, 0.15) is 0 Å². The summed E-state index contributed by atoms with van der Waals surface area (Å²) in [5, 5.41) is 16.1. The molecule has 0 saturated carbocycles. The molecule has 0 aliphatic carbocycles. The first-order valence-corrected chi connectivity index (χ1v) is 6.80. The van der Waals surface area contributed by atoms with Crippen molar-refractivity contribution >= 4 is 17.9 Å². The van der Waals surface area contributed by atoms with Crippen molar-refractivity contribution in [1.82, 2.24) is 5.43 Å². The Morgan fingerprint density at radius 3 is 2.77 bits per heavy atom. The molecular weight excluding hydrogens is 282 g/mol. The minimum atomic E-state index is -0.439. The van der Waals surface area contributed by atoms with Crippen LogP contribution in [-0.2, 0) is 0 Å². The Balaban J connectivity index is 1.92. The number of aromatic hydroxyl groups is 1. The number of rotatable bonds is 5. The van der Waals surface area contributed by atoms with Crippen LogP contribution in [0.2, 0.25) is 0 Å². The number of phenolic OH excluding ortho intramolecular Hbond substituents is 1. The second-order valence-electron chi connectivity index (χ2n) is 4.35. The molecule has 6 nitrogen and oxygen atoms in total. The number of hydrogen-bond donors (Lipinski definition) is 3. The Labute approximate surface area is 128 Å². The van der Waals surface area contributed by atoms with Gasteiger partial charge >= 0.3 is 6.03 Å². The van der Waals surface area contributed by atoms with E-state index in [0.717, 1.165) is 0 Å². The molecule has 6 heteroatoms. The van der Waals surface area contributed by atoms with Crippen molar-refractivity contribution in [2.75, 3.05) is 11.9 Å². The van der Waals surface area contributed by atoms with Crippen LogP contribution < -0.4 is 15.5 Å². The molecule has 0 aromatic heterocycles. The van der Waals surface area contributed by atoms with E-state index in [2.05, 4.69) is 15.8 Å². The van der Waals surface area contributed by atoms with Gasteiger partial charge in [0.15, 0.2) is 11.5 Å². The number of nitrogens with zero attached hydrogens (tertiary/aromatic N) is 1. The fourth-order valence-corrected chi connectivity index (χ4v) is 1.73. The number of para-hydroxylation sites is 1. The van der Waals surface area contributed by atoms with Crippen molar-refractivity contribution in [2.24, 2.45) is 5.10 Å². The monoisotopic (exact) mass is 299 g/mol. The quantitative estimate of drug-likeness (QED) is 0.586. The van der Waals surface area contributed by atoms with Crippen LogP contribution in [0.5, 0.6) is 11.5 Å². The second kappa shape index (κ2) is 7.68. The van der Waals surface area contributed by atoms with Crippen LogP contribution in [-0.4, -0.2) is 24.0 Å². The molecule has 2 rings (SSSR count). The van der Waals surface area contributed by atoms with Crippen LogP contribution in [0.25, 0.3) is 0 Å². The highest BCUT2D eigenvalue weighted by molar-refractivity contribution is 5.90. The van der Waals surface area contributed by atoms with Gasteiger partial charge in [-0.1, -0.05) is 18.2 Å². The first-order valence-electron chi connectivity index (χ1n) is 6.80. The average molecular weight is 299 g/mol. The number of benzene rings is 2. The van der Waals surface area contributed by atoms with Crippen LogP contribution in [0.4, 0.5) is 10.5 Å². The summed E-state index contributed by atoms with van der Waals surface area (Å²) < 4.78 is 5.27. The molecule has 0 aliphatic rings. The highest BCUT2D eigenvalue weighted by Crippen LogP contribution is 2.26. The van der Waals surface area contributed by atoms with Crippen molar-refractivity contribution in [3.8, 4) is 11.5 Å². The summed E-state index contributed by atoms with van der Waals surface area (Å²) in [7, 11) is 0. The summed E-state index contributed by atoms with van der Waals surface area (Å²) in [5.41, 5.74) is 3.74. The van der Waals surface area contributed by atoms with Gasteiger partial charge in [-0.3, -0.25) is 0 Å². The minimum absolute atomic E-state index is 0.0637. The fourth-order valence-electron chi connectivity index (χ4n) is 1.73. The van der Waals surface area contributed by atoms with Crippen molar-refractivity contribution in [3.05, 3.63) is 54.1 Å². The molecule has 2 aromatic rings. The lowest BCUT2D eigenvalue weighted by atomic mass is 10.2. The van der Waals surface area contributed by atoms with E-state index >= 15 is 0 Å². The molecule has 2 amide bonds. The van der Waals surface area contributed by atoms with Gasteiger partial charge in [0.2, 0.25) is 0 Å². The highest BCUT2D eigenvalue weighted by Gasteiger charge is 2.02. The van der Waals surface area contributed by atoms with Gasteiger partial charge in [-0.2, -0.15) is 5.10 Å². The number of urea groups is 1. The Morgan fingerprint density at radius 2 is 2.05 bits per heavy atom. The molecule has 0 spiro atoms. The summed E-state index contributed by atoms with van der Waals surface area (Å²) in [6, 6.07) is 13.4. The summed E-state index contributed by atoms with van der Waals surface area (Å²) in [5.74, 6) is 0.439. The summed E-state index contributed by atoms with van der Waals surface area (Å²) in [6.07, 6.45) is 1.46. The number of carbonyl (C=O) groups is 1. The zero-order chi connectivity index (χ0) is 15.8. The molecule has 0 atom stereocenters. The molecular formula is C16H17N3O3. The lowest BCUT2D eigenvalue weighted by molar-refractivity contribution is 0.252. The molecule has 3 N–H and O–H groups in total. The number of nitrogens with one attached hydrogen (secondary N) is 2. The number of anilines is 1. The zero-order valence-corrected chi connectivity index (χ0v) is 12.1. The average Bonchev–Trinajstić information content (AvgIpc) is 2.51. The molecule has 114 valence electrons. The van der Waals surface area contributed by atoms with Gasteiger partial charge < -0.3 is 15.2 Å². The third-order valence-electron chi connectivity index (χ3n) is 2.70. The minimum Gasteiger partial charge on any atom is -0.504 e. The molecule has 2 aromatic carbocycles. The number of ether oxygens (including phenoxy) is 1. The first kappa shape index (κ1) is 15.4. The highest BCUT2D eigenvalue weighted by atomic mass is 16.5. The van der Waals surface area contributed by atoms with Gasteiger partial charge in [-0.25, -0.2) is 10.2 Å². The van der Waals surface area contributed by atoms with Crippen molar-refractivity contribution in [1.29, 1.82) is 0 Å². The molecule has 0 saturated heterocycles. The number of hydrogen-bond acceptors (Lipinski definition) is 4. The number of hydrazone groups is 1. The van der Waals surface area contributed by atoms with E-state index in [1.54, 1.807) is 24.3 Å². The van der Waals surface area contributed by atoms with Crippen molar-refractivity contribution in [2.45, 2.75) is 6.92 Å². The number of amides is 2. The Morgan fingerprint density at radius 1 is 1.27 bits per heavy atom. The van der Waals surface area contributed by atoms with E-state index in [4.69, 9.17) is 4.74 Å². The molecule has 0 unspecified atom stereocenters. The smallest absolute Gasteiger partial charge is 0.339 e. The first-order chi connectivity index (χ1) is 10.7. The lowest BCUT2D eigenvalue weighted by Crippen LogP contribution is -2.24. The number of phenols is 1. The van der Waals surface area contributed by atoms with Crippen LogP contribution in [0.1, 0.15) is 12.5 Å². The largest absolute Gasteiger partial charge is 0.504 e. The molecule has 0 fully saturated rings. The van der Waals surface area contributed by atoms with E-state index in [1.807, 2.05) is 25.1 Å². The van der Waals surface area contributed by atoms with Crippen LogP contribution in [0.15, 0.2) is 53.6 Å². The van der Waals surface area contributed by atoms with Gasteiger partial charge in [-0.15, -0.1) is 0 Å². The van der Waals surface area contributed by atoms with Gasteiger partial charge in [0, 0.05) is 5.69 Å². The van der Waals surface area contributed by atoms with Gasteiger partial charge in [0.05, 0.1) is 12.8 Å². The molecule has 0 aliphatic heterocycles. The summed E-state index contributed by atoms with van der Waals surface area (Å²) in [6.45, 7) is 2.28. The van der Waals surface area contributed by atoms with Crippen LogP contribution in [0.3, 0.4) is 0 Å². The van der Waals surface area contributed by atoms with Crippen molar-refractivity contribution in [3.63, 3.8) is 0 Å². The summed E-state index contributed by atoms with van der Waals surface area (Å²) in [4.78, 5) is 11.6. The maximum absolute atomic E-state index is 11.6. The Kier molecular flexibility index (Phi) is 5.37. The molecule has 0 bridgehead atoms. The van der Waals surface area contributed by atoms with Crippen LogP contribution in [0, 0.1) is 0 Å². The maximum atomic E-state index is 11.6. The van der Waals surface area contributed by atoms with E-state index in [1.165, 1.54) is 12.3 Å². The lowest BCUT2D eigenvalue weighted by Gasteiger charge is -2.06.